The van der Waals surface area contributed by atoms with E-state index in [9.17, 15) is 0 Å². The van der Waals surface area contributed by atoms with Crippen LogP contribution in [0.2, 0.25) is 0 Å². The molecular formula is C13H27NOS. The fourth-order valence-corrected chi connectivity index (χ4v) is 3.20. The first-order valence-electron chi connectivity index (χ1n) is 6.66. The van der Waals surface area contributed by atoms with Gasteiger partial charge in [-0.25, -0.2) is 0 Å². The monoisotopic (exact) mass is 245 g/mol. The Balaban J connectivity index is 2.02. The van der Waals surface area contributed by atoms with Crippen LogP contribution in [-0.4, -0.2) is 35.8 Å². The first-order valence-corrected chi connectivity index (χ1v) is 7.81. The summed E-state index contributed by atoms with van der Waals surface area (Å²) in [5.74, 6) is 4.02. The average Bonchev–Trinajstić information content (AvgIpc) is 2.28. The lowest BCUT2D eigenvalue weighted by molar-refractivity contribution is 0.232. The largest absolute Gasteiger partial charge is 0.396 e. The number of hydrogen-bond donors (Lipinski definition) is 2. The van der Waals surface area contributed by atoms with Gasteiger partial charge in [-0.3, -0.25) is 0 Å². The molecule has 3 unspecified atom stereocenters. The predicted octanol–water partition coefficient (Wildman–Crippen LogP) is 2.52. The number of thioether (sulfide) groups is 1. The highest BCUT2D eigenvalue weighted by Crippen LogP contribution is 2.28. The van der Waals surface area contributed by atoms with E-state index in [1.807, 2.05) is 11.8 Å². The molecule has 0 aromatic heterocycles. The normalized spacial score (nSPS) is 30.6. The molecule has 0 amide bonds. The Labute approximate surface area is 105 Å². The van der Waals surface area contributed by atoms with E-state index in [0.29, 0.717) is 6.61 Å². The molecule has 1 aliphatic rings. The quantitative estimate of drug-likeness (QED) is 0.676. The maximum Gasteiger partial charge on any atom is 0.0438 e. The molecule has 1 rings (SSSR count). The maximum absolute atomic E-state index is 8.66. The topological polar surface area (TPSA) is 32.3 Å². The van der Waals surface area contributed by atoms with Crippen LogP contribution in [0, 0.1) is 11.8 Å². The van der Waals surface area contributed by atoms with Gasteiger partial charge in [-0.05, 0) is 36.9 Å². The fourth-order valence-electron chi connectivity index (χ4n) is 2.40. The number of hydrogen-bond acceptors (Lipinski definition) is 3. The molecule has 96 valence electrons. The smallest absolute Gasteiger partial charge is 0.0438 e. The van der Waals surface area contributed by atoms with Gasteiger partial charge in [0, 0.05) is 24.9 Å². The third-order valence-electron chi connectivity index (χ3n) is 3.56. The lowest BCUT2D eigenvalue weighted by Gasteiger charge is -2.33. The highest BCUT2D eigenvalue weighted by molar-refractivity contribution is 7.99. The van der Waals surface area contributed by atoms with Crippen molar-refractivity contribution in [2.24, 2.45) is 11.8 Å². The van der Waals surface area contributed by atoms with Gasteiger partial charge in [-0.2, -0.15) is 11.8 Å². The van der Waals surface area contributed by atoms with E-state index in [1.54, 1.807) is 0 Å². The summed E-state index contributed by atoms with van der Waals surface area (Å²) in [6.07, 6.45) is 5.07. The van der Waals surface area contributed by atoms with Gasteiger partial charge in [0.1, 0.15) is 0 Å². The van der Waals surface area contributed by atoms with Crippen LogP contribution in [0.1, 0.15) is 39.5 Å². The molecule has 0 heterocycles. The Morgan fingerprint density at radius 2 is 2.06 bits per heavy atom. The highest BCUT2D eigenvalue weighted by atomic mass is 32.2. The molecule has 0 aliphatic heterocycles. The van der Waals surface area contributed by atoms with Crippen molar-refractivity contribution in [3.8, 4) is 0 Å². The summed E-state index contributed by atoms with van der Waals surface area (Å²) < 4.78 is 0. The molecule has 0 saturated heterocycles. The summed E-state index contributed by atoms with van der Waals surface area (Å²) in [5, 5.41) is 12.4. The van der Waals surface area contributed by atoms with E-state index in [2.05, 4.69) is 19.2 Å². The third-order valence-corrected chi connectivity index (χ3v) is 4.63. The molecule has 0 aromatic carbocycles. The van der Waals surface area contributed by atoms with Gasteiger partial charge >= 0.3 is 0 Å². The minimum absolute atomic E-state index is 0.331. The molecule has 3 atom stereocenters. The predicted molar refractivity (Wildman–Crippen MR) is 73.0 cm³/mol. The molecule has 16 heavy (non-hydrogen) atoms. The number of aliphatic hydroxyl groups excluding tert-OH is 1. The van der Waals surface area contributed by atoms with Gasteiger partial charge in [0.05, 0.1) is 0 Å². The van der Waals surface area contributed by atoms with Gasteiger partial charge in [0.15, 0.2) is 0 Å². The summed E-state index contributed by atoms with van der Waals surface area (Å²) >= 11 is 1.95. The van der Waals surface area contributed by atoms with Gasteiger partial charge in [0.25, 0.3) is 0 Å². The Bertz CT molecular complexity index is 177. The summed E-state index contributed by atoms with van der Waals surface area (Å²) in [5.41, 5.74) is 0. The van der Waals surface area contributed by atoms with Crippen molar-refractivity contribution in [2.75, 3.05) is 24.7 Å². The molecule has 0 aromatic rings. The molecule has 2 nitrogen and oxygen atoms in total. The van der Waals surface area contributed by atoms with Crippen LogP contribution in [0.3, 0.4) is 0 Å². The summed E-state index contributed by atoms with van der Waals surface area (Å²) in [7, 11) is 0. The standard InChI is InChI=1S/C13H27NOS/c1-11-4-5-12(2)13(10-11)14-6-9-16-8-3-7-15/h11-15H,3-10H2,1-2H3. The Kier molecular flexibility index (Phi) is 7.50. The summed E-state index contributed by atoms with van der Waals surface area (Å²) in [6.45, 7) is 6.20. The molecule has 0 radical (unpaired) electrons. The summed E-state index contributed by atoms with van der Waals surface area (Å²) in [4.78, 5) is 0. The van der Waals surface area contributed by atoms with Crippen molar-refractivity contribution in [1.29, 1.82) is 0 Å². The second-order valence-corrected chi connectivity index (χ2v) is 6.37. The van der Waals surface area contributed by atoms with E-state index in [4.69, 9.17) is 5.11 Å². The van der Waals surface area contributed by atoms with Crippen LogP contribution < -0.4 is 5.32 Å². The zero-order valence-corrected chi connectivity index (χ0v) is 11.6. The third kappa shape index (κ3) is 5.55. The molecule has 0 bridgehead atoms. The van der Waals surface area contributed by atoms with Crippen LogP contribution in [-0.2, 0) is 0 Å². The second-order valence-electron chi connectivity index (χ2n) is 5.15. The summed E-state index contributed by atoms with van der Waals surface area (Å²) in [6, 6.07) is 0.738. The SMILES string of the molecule is CC1CCC(C)C(NCCSCCCO)C1. The highest BCUT2D eigenvalue weighted by Gasteiger charge is 2.24. The van der Waals surface area contributed by atoms with Crippen LogP contribution in [0.15, 0.2) is 0 Å². The number of nitrogens with one attached hydrogen (secondary N) is 1. The second kappa shape index (κ2) is 8.37. The van der Waals surface area contributed by atoms with Crippen LogP contribution >= 0.6 is 11.8 Å². The van der Waals surface area contributed by atoms with E-state index in [1.165, 1.54) is 25.0 Å². The van der Waals surface area contributed by atoms with Crippen molar-refractivity contribution in [2.45, 2.75) is 45.6 Å². The average molecular weight is 245 g/mol. The van der Waals surface area contributed by atoms with Crippen molar-refractivity contribution in [3.63, 3.8) is 0 Å². The van der Waals surface area contributed by atoms with E-state index >= 15 is 0 Å². The van der Waals surface area contributed by atoms with Gasteiger partial charge in [0.2, 0.25) is 0 Å². The number of rotatable bonds is 7. The minimum atomic E-state index is 0.331. The van der Waals surface area contributed by atoms with Gasteiger partial charge < -0.3 is 10.4 Å². The maximum atomic E-state index is 8.66. The van der Waals surface area contributed by atoms with Crippen molar-refractivity contribution < 1.29 is 5.11 Å². The van der Waals surface area contributed by atoms with Crippen molar-refractivity contribution in [3.05, 3.63) is 0 Å². The fraction of sp³-hybridized carbons (Fsp3) is 1.00. The number of aliphatic hydroxyl groups is 1. The zero-order chi connectivity index (χ0) is 11.8. The van der Waals surface area contributed by atoms with Crippen LogP contribution in [0.25, 0.3) is 0 Å². The minimum Gasteiger partial charge on any atom is -0.396 e. The first kappa shape index (κ1) is 14.3. The molecule has 1 fully saturated rings. The van der Waals surface area contributed by atoms with Crippen molar-refractivity contribution in [1.82, 2.24) is 5.32 Å². The van der Waals surface area contributed by atoms with Crippen LogP contribution in [0.5, 0.6) is 0 Å². The van der Waals surface area contributed by atoms with Gasteiger partial charge in [-0.15, -0.1) is 0 Å². The van der Waals surface area contributed by atoms with E-state index in [-0.39, 0.29) is 0 Å². The van der Waals surface area contributed by atoms with E-state index in [0.717, 1.165) is 36.6 Å². The lowest BCUT2D eigenvalue weighted by atomic mass is 9.80. The Morgan fingerprint density at radius 1 is 1.25 bits per heavy atom. The molecule has 1 aliphatic carbocycles. The molecule has 2 N–H and O–H groups in total. The molecule has 0 spiro atoms. The molecule has 1 saturated carbocycles. The van der Waals surface area contributed by atoms with Crippen LogP contribution in [0.4, 0.5) is 0 Å². The molecular weight excluding hydrogens is 218 g/mol. The van der Waals surface area contributed by atoms with Gasteiger partial charge in [-0.1, -0.05) is 20.3 Å². The zero-order valence-electron chi connectivity index (χ0n) is 10.7. The first-order chi connectivity index (χ1) is 7.74. The van der Waals surface area contributed by atoms with E-state index < -0.39 is 0 Å². The lowest BCUT2D eigenvalue weighted by Crippen LogP contribution is -2.40. The Morgan fingerprint density at radius 3 is 2.81 bits per heavy atom. The van der Waals surface area contributed by atoms with Crippen molar-refractivity contribution >= 4 is 11.8 Å². The molecule has 3 heteroatoms. The Hall–Kier alpha value is 0.270.